The van der Waals surface area contributed by atoms with Gasteiger partial charge in [0.2, 0.25) is 10.0 Å². The molecule has 0 aliphatic carbocycles. The third-order valence-electron chi connectivity index (χ3n) is 3.65. The lowest BCUT2D eigenvalue weighted by atomic mass is 10.1. The Balaban J connectivity index is 2.08. The van der Waals surface area contributed by atoms with E-state index in [0.717, 1.165) is 10.8 Å². The number of ketones is 1. The maximum atomic E-state index is 12.7. The van der Waals surface area contributed by atoms with Gasteiger partial charge in [0.05, 0.1) is 4.90 Å². The molecule has 0 atom stereocenters. The molecule has 1 heterocycles. The molecule has 104 valence electrons. The van der Waals surface area contributed by atoms with E-state index in [-0.39, 0.29) is 18.9 Å². The number of sulfonamides is 1. The lowest BCUT2D eigenvalue weighted by molar-refractivity contribution is -0.120. The highest BCUT2D eigenvalue weighted by atomic mass is 32.2. The highest BCUT2D eigenvalue weighted by Gasteiger charge is 2.29. The Morgan fingerprint density at radius 1 is 0.900 bits per heavy atom. The second kappa shape index (κ2) is 5.00. The molecule has 2 aromatic carbocycles. The fourth-order valence-corrected chi connectivity index (χ4v) is 4.19. The normalized spacial score (nSPS) is 17.5. The van der Waals surface area contributed by atoms with E-state index in [2.05, 4.69) is 0 Å². The molecule has 1 fully saturated rings. The first-order valence-corrected chi connectivity index (χ1v) is 8.03. The van der Waals surface area contributed by atoms with E-state index in [4.69, 9.17) is 0 Å². The number of hydrogen-bond donors (Lipinski definition) is 0. The highest BCUT2D eigenvalue weighted by molar-refractivity contribution is 7.89. The van der Waals surface area contributed by atoms with Crippen LogP contribution < -0.4 is 0 Å². The van der Waals surface area contributed by atoms with Gasteiger partial charge in [0.15, 0.2) is 0 Å². The monoisotopic (exact) mass is 289 g/mol. The minimum Gasteiger partial charge on any atom is -0.300 e. The van der Waals surface area contributed by atoms with Crippen molar-refractivity contribution in [3.63, 3.8) is 0 Å². The number of nitrogens with zero attached hydrogens (tertiary/aromatic N) is 1. The van der Waals surface area contributed by atoms with Crippen LogP contribution in [0.5, 0.6) is 0 Å². The topological polar surface area (TPSA) is 54.5 Å². The van der Waals surface area contributed by atoms with Gasteiger partial charge in [0.25, 0.3) is 0 Å². The molecule has 3 rings (SSSR count). The quantitative estimate of drug-likeness (QED) is 0.851. The molecule has 4 nitrogen and oxygen atoms in total. The Labute approximate surface area is 118 Å². The molecule has 0 N–H and O–H groups in total. The number of carbonyl (C=O) groups is 1. The number of rotatable bonds is 2. The van der Waals surface area contributed by atoms with Gasteiger partial charge in [-0.1, -0.05) is 36.4 Å². The van der Waals surface area contributed by atoms with E-state index < -0.39 is 10.0 Å². The summed E-state index contributed by atoms with van der Waals surface area (Å²) in [5.74, 6) is 0.134. The molecule has 1 aliphatic rings. The zero-order valence-corrected chi connectivity index (χ0v) is 11.8. The predicted octanol–water partition coefficient (Wildman–Crippen LogP) is 2.19. The Kier molecular flexibility index (Phi) is 3.31. The first kappa shape index (κ1) is 13.3. The lowest BCUT2D eigenvalue weighted by Gasteiger charge is -2.25. The number of hydrogen-bond acceptors (Lipinski definition) is 3. The molecular formula is C15H15NO3S. The summed E-state index contributed by atoms with van der Waals surface area (Å²) in [5.41, 5.74) is 0. The standard InChI is InChI=1S/C15H15NO3S/c17-13-8-10-16(11-9-13)20(18,19)15-7-3-5-12-4-1-2-6-14(12)15/h1-7H,8-11H2. The molecule has 0 bridgehead atoms. The fraction of sp³-hybridized carbons (Fsp3) is 0.267. The Hall–Kier alpha value is -1.72. The van der Waals surface area contributed by atoms with Crippen molar-refractivity contribution in [3.05, 3.63) is 42.5 Å². The van der Waals surface area contributed by atoms with E-state index in [0.29, 0.717) is 17.7 Å². The predicted molar refractivity (Wildman–Crippen MR) is 76.9 cm³/mol. The molecule has 20 heavy (non-hydrogen) atoms. The molecule has 1 aliphatic heterocycles. The Bertz CT molecular complexity index is 752. The Morgan fingerprint density at radius 2 is 1.55 bits per heavy atom. The average molecular weight is 289 g/mol. The second-order valence-corrected chi connectivity index (χ2v) is 6.83. The maximum absolute atomic E-state index is 12.7. The molecular weight excluding hydrogens is 274 g/mol. The summed E-state index contributed by atoms with van der Waals surface area (Å²) in [4.78, 5) is 11.6. The van der Waals surface area contributed by atoms with Crippen molar-refractivity contribution < 1.29 is 13.2 Å². The van der Waals surface area contributed by atoms with Crippen LogP contribution in [0, 0.1) is 0 Å². The van der Waals surface area contributed by atoms with Crippen LogP contribution in [-0.2, 0) is 14.8 Å². The van der Waals surface area contributed by atoms with Crippen LogP contribution in [0.25, 0.3) is 10.8 Å². The van der Waals surface area contributed by atoms with Gasteiger partial charge in [-0.2, -0.15) is 4.31 Å². The van der Waals surface area contributed by atoms with Gasteiger partial charge < -0.3 is 0 Å². The molecule has 5 heteroatoms. The van der Waals surface area contributed by atoms with Gasteiger partial charge in [-0.3, -0.25) is 4.79 Å². The summed E-state index contributed by atoms with van der Waals surface area (Å²) in [7, 11) is -3.53. The zero-order valence-electron chi connectivity index (χ0n) is 11.0. The summed E-state index contributed by atoms with van der Waals surface area (Å²) in [6.45, 7) is 0.564. The second-order valence-electron chi connectivity index (χ2n) is 4.92. The molecule has 2 aromatic rings. The molecule has 0 saturated carbocycles. The van der Waals surface area contributed by atoms with Gasteiger partial charge in [-0.25, -0.2) is 8.42 Å². The molecule has 0 aromatic heterocycles. The van der Waals surface area contributed by atoms with E-state index >= 15 is 0 Å². The average Bonchev–Trinajstić information content (AvgIpc) is 2.47. The number of Topliss-reactive ketones (excluding diaryl/α,β-unsaturated/α-hetero) is 1. The van der Waals surface area contributed by atoms with Crippen LogP contribution in [0.1, 0.15) is 12.8 Å². The molecule has 0 unspecified atom stereocenters. The van der Waals surface area contributed by atoms with Crippen molar-refractivity contribution >= 4 is 26.6 Å². The van der Waals surface area contributed by atoms with E-state index in [1.54, 1.807) is 12.1 Å². The van der Waals surface area contributed by atoms with Crippen LogP contribution in [0.4, 0.5) is 0 Å². The van der Waals surface area contributed by atoms with Crippen molar-refractivity contribution in [1.29, 1.82) is 0 Å². The summed E-state index contributed by atoms with van der Waals surface area (Å²) in [6.07, 6.45) is 0.619. The first-order valence-electron chi connectivity index (χ1n) is 6.59. The van der Waals surface area contributed by atoms with E-state index in [9.17, 15) is 13.2 Å². The molecule has 1 saturated heterocycles. The largest absolute Gasteiger partial charge is 0.300 e. The van der Waals surface area contributed by atoms with Crippen LogP contribution >= 0.6 is 0 Å². The Morgan fingerprint density at radius 3 is 2.30 bits per heavy atom. The van der Waals surface area contributed by atoms with Crippen LogP contribution in [0.2, 0.25) is 0 Å². The summed E-state index contributed by atoms with van der Waals surface area (Å²) < 4.78 is 26.9. The number of piperidine rings is 1. The fourth-order valence-electron chi connectivity index (χ4n) is 2.54. The third kappa shape index (κ3) is 2.23. The van der Waals surface area contributed by atoms with Crippen molar-refractivity contribution in [3.8, 4) is 0 Å². The van der Waals surface area contributed by atoms with Crippen molar-refractivity contribution in [1.82, 2.24) is 4.31 Å². The molecule has 0 radical (unpaired) electrons. The zero-order chi connectivity index (χ0) is 14.2. The van der Waals surface area contributed by atoms with Gasteiger partial charge in [0, 0.05) is 31.3 Å². The van der Waals surface area contributed by atoms with Crippen molar-refractivity contribution in [2.24, 2.45) is 0 Å². The van der Waals surface area contributed by atoms with Crippen LogP contribution in [0.3, 0.4) is 0 Å². The summed E-state index contributed by atoms with van der Waals surface area (Å²) in [6, 6.07) is 12.7. The van der Waals surface area contributed by atoms with Crippen LogP contribution in [0.15, 0.2) is 47.4 Å². The summed E-state index contributed by atoms with van der Waals surface area (Å²) in [5, 5.41) is 1.63. The smallest absolute Gasteiger partial charge is 0.243 e. The minimum atomic E-state index is -3.53. The minimum absolute atomic E-state index is 0.134. The maximum Gasteiger partial charge on any atom is 0.243 e. The lowest BCUT2D eigenvalue weighted by Crippen LogP contribution is -2.38. The summed E-state index contributed by atoms with van der Waals surface area (Å²) >= 11 is 0. The van der Waals surface area contributed by atoms with Gasteiger partial charge in [-0.05, 0) is 11.5 Å². The SMILES string of the molecule is O=C1CCN(S(=O)(=O)c2cccc3ccccc23)CC1. The van der Waals surface area contributed by atoms with E-state index in [1.807, 2.05) is 30.3 Å². The van der Waals surface area contributed by atoms with Gasteiger partial charge in [0.1, 0.15) is 5.78 Å². The molecule has 0 amide bonds. The first-order chi connectivity index (χ1) is 9.59. The number of fused-ring (bicyclic) bond motifs is 1. The third-order valence-corrected chi connectivity index (χ3v) is 5.60. The number of benzene rings is 2. The van der Waals surface area contributed by atoms with E-state index in [1.165, 1.54) is 4.31 Å². The highest BCUT2D eigenvalue weighted by Crippen LogP contribution is 2.26. The van der Waals surface area contributed by atoms with Crippen molar-refractivity contribution in [2.75, 3.05) is 13.1 Å². The van der Waals surface area contributed by atoms with Gasteiger partial charge >= 0.3 is 0 Å². The van der Waals surface area contributed by atoms with Crippen molar-refractivity contribution in [2.45, 2.75) is 17.7 Å². The number of carbonyl (C=O) groups excluding carboxylic acids is 1. The van der Waals surface area contributed by atoms with Crippen LogP contribution in [-0.4, -0.2) is 31.6 Å². The molecule has 0 spiro atoms. The van der Waals surface area contributed by atoms with Gasteiger partial charge in [-0.15, -0.1) is 0 Å².